The van der Waals surface area contributed by atoms with E-state index in [4.69, 9.17) is 4.74 Å². The van der Waals surface area contributed by atoms with E-state index in [1.807, 2.05) is 6.92 Å². The summed E-state index contributed by atoms with van der Waals surface area (Å²) in [5, 5.41) is 23.1. The third kappa shape index (κ3) is 4.72. The highest BCUT2D eigenvalue weighted by Gasteiger charge is 2.31. The highest BCUT2D eigenvalue weighted by molar-refractivity contribution is 5.35. The number of nitriles is 1. The lowest BCUT2D eigenvalue weighted by molar-refractivity contribution is -0.384. The molecule has 0 bridgehead atoms. The van der Waals surface area contributed by atoms with Gasteiger partial charge in [-0.25, -0.2) is 0 Å². The number of nitrogens with zero attached hydrogens (tertiary/aromatic N) is 2. The third-order valence-electron chi connectivity index (χ3n) is 3.48. The van der Waals surface area contributed by atoms with Gasteiger partial charge < -0.3 is 4.74 Å². The summed E-state index contributed by atoms with van der Waals surface area (Å²) in [5.74, 6) is 0.606. The van der Waals surface area contributed by atoms with Crippen LogP contribution in [0.5, 0.6) is 5.75 Å². The smallest absolute Gasteiger partial charge is 0.269 e. The number of non-ortho nitro benzene ring substituents is 1. The van der Waals surface area contributed by atoms with Crippen molar-refractivity contribution in [3.63, 3.8) is 0 Å². The summed E-state index contributed by atoms with van der Waals surface area (Å²) < 4.78 is 5.54. The summed E-state index contributed by atoms with van der Waals surface area (Å²) in [5.41, 5.74) is -0.451. The van der Waals surface area contributed by atoms with Gasteiger partial charge in [-0.15, -0.1) is 0 Å². The second-order valence-corrected chi connectivity index (χ2v) is 5.57. The van der Waals surface area contributed by atoms with Crippen LogP contribution in [-0.4, -0.2) is 23.1 Å². The average molecular weight is 289 g/mol. The van der Waals surface area contributed by atoms with E-state index >= 15 is 0 Å². The first-order valence-corrected chi connectivity index (χ1v) is 7.09. The van der Waals surface area contributed by atoms with Crippen LogP contribution in [0.25, 0.3) is 0 Å². The lowest BCUT2D eigenvalue weighted by Gasteiger charge is -2.23. The fourth-order valence-electron chi connectivity index (χ4n) is 2.12. The number of nitro benzene ring substituents is 1. The van der Waals surface area contributed by atoms with Crippen LogP contribution in [0.2, 0.25) is 0 Å². The van der Waals surface area contributed by atoms with E-state index in [1.54, 1.807) is 12.1 Å². The minimum Gasteiger partial charge on any atom is -0.494 e. The van der Waals surface area contributed by atoms with Gasteiger partial charge in [0, 0.05) is 18.2 Å². The molecule has 6 nitrogen and oxygen atoms in total. The van der Waals surface area contributed by atoms with Crippen LogP contribution in [0.15, 0.2) is 24.3 Å². The average Bonchev–Trinajstić information content (AvgIpc) is 3.28. The number of rotatable bonds is 8. The normalized spacial score (nSPS) is 16.8. The highest BCUT2D eigenvalue weighted by atomic mass is 16.6. The fraction of sp³-hybridized carbons (Fsp3) is 0.533. The molecule has 1 aromatic carbocycles. The van der Waals surface area contributed by atoms with Crippen LogP contribution in [0, 0.1) is 21.4 Å². The predicted octanol–water partition coefficient (Wildman–Crippen LogP) is 2.79. The molecule has 0 saturated heterocycles. The molecule has 0 radical (unpaired) electrons. The molecule has 0 spiro atoms. The van der Waals surface area contributed by atoms with Gasteiger partial charge in [-0.1, -0.05) is 0 Å². The topological polar surface area (TPSA) is 88.2 Å². The van der Waals surface area contributed by atoms with E-state index in [9.17, 15) is 15.4 Å². The summed E-state index contributed by atoms with van der Waals surface area (Å²) in [4.78, 5) is 10.1. The van der Waals surface area contributed by atoms with Crippen molar-refractivity contribution in [1.82, 2.24) is 5.32 Å². The van der Waals surface area contributed by atoms with Crippen LogP contribution in [0.4, 0.5) is 5.69 Å². The van der Waals surface area contributed by atoms with Gasteiger partial charge in [-0.05, 0) is 44.7 Å². The molecule has 1 saturated carbocycles. The SMILES string of the molecule is CC(C#N)(CCCOc1ccc([N+](=O)[O-])cc1)NC1CC1. The van der Waals surface area contributed by atoms with Crippen molar-refractivity contribution in [2.24, 2.45) is 0 Å². The monoisotopic (exact) mass is 289 g/mol. The number of benzene rings is 1. The molecule has 1 unspecified atom stereocenters. The molecule has 0 aromatic heterocycles. The minimum atomic E-state index is -0.500. The van der Waals surface area contributed by atoms with E-state index in [-0.39, 0.29) is 5.69 Å². The Morgan fingerprint density at radius 1 is 1.48 bits per heavy atom. The van der Waals surface area contributed by atoms with Gasteiger partial charge in [-0.3, -0.25) is 15.4 Å². The molecule has 1 fully saturated rings. The highest BCUT2D eigenvalue weighted by Crippen LogP contribution is 2.24. The van der Waals surface area contributed by atoms with Crippen LogP contribution in [-0.2, 0) is 0 Å². The zero-order chi connectivity index (χ0) is 15.3. The molecule has 1 atom stereocenters. The van der Waals surface area contributed by atoms with Gasteiger partial charge in [-0.2, -0.15) is 5.26 Å². The predicted molar refractivity (Wildman–Crippen MR) is 78.0 cm³/mol. The van der Waals surface area contributed by atoms with E-state index in [1.165, 1.54) is 12.1 Å². The minimum absolute atomic E-state index is 0.0491. The van der Waals surface area contributed by atoms with E-state index in [2.05, 4.69) is 11.4 Å². The summed E-state index contributed by atoms with van der Waals surface area (Å²) >= 11 is 0. The summed E-state index contributed by atoms with van der Waals surface area (Å²) in [6.07, 6.45) is 3.76. The van der Waals surface area contributed by atoms with Gasteiger partial charge in [0.15, 0.2) is 0 Å². The number of nitro groups is 1. The Bertz CT molecular complexity index is 534. The van der Waals surface area contributed by atoms with E-state index < -0.39 is 10.5 Å². The van der Waals surface area contributed by atoms with Crippen LogP contribution in [0.3, 0.4) is 0 Å². The van der Waals surface area contributed by atoms with Crippen LogP contribution in [0.1, 0.15) is 32.6 Å². The second kappa shape index (κ2) is 6.55. The van der Waals surface area contributed by atoms with Gasteiger partial charge in [0.05, 0.1) is 17.6 Å². The largest absolute Gasteiger partial charge is 0.494 e. The molecular weight excluding hydrogens is 270 g/mol. The molecule has 0 amide bonds. The van der Waals surface area contributed by atoms with Crippen molar-refractivity contribution in [2.75, 3.05) is 6.61 Å². The molecular formula is C15H19N3O3. The van der Waals surface area contributed by atoms with Crippen molar-refractivity contribution < 1.29 is 9.66 Å². The zero-order valence-electron chi connectivity index (χ0n) is 12.0. The maximum atomic E-state index is 10.5. The number of hydrogen-bond acceptors (Lipinski definition) is 5. The van der Waals surface area contributed by atoms with Gasteiger partial charge >= 0.3 is 0 Å². The Morgan fingerprint density at radius 3 is 2.67 bits per heavy atom. The summed E-state index contributed by atoms with van der Waals surface area (Å²) in [6, 6.07) is 8.83. The van der Waals surface area contributed by atoms with Crippen molar-refractivity contribution in [1.29, 1.82) is 5.26 Å². The Kier molecular flexibility index (Phi) is 4.76. The standard InChI is InChI=1S/C15H19N3O3/c1-15(11-16,17-12-3-4-12)9-2-10-21-14-7-5-13(6-8-14)18(19)20/h5-8,12,17H,2-4,9-10H2,1H3. The molecule has 1 N–H and O–H groups in total. The molecule has 112 valence electrons. The Hall–Kier alpha value is -2.13. The van der Waals surface area contributed by atoms with Crippen LogP contribution < -0.4 is 10.1 Å². The molecule has 1 aromatic rings. The third-order valence-corrected chi connectivity index (χ3v) is 3.48. The van der Waals surface area contributed by atoms with Crippen molar-refractivity contribution in [3.8, 4) is 11.8 Å². The van der Waals surface area contributed by atoms with E-state index in [0.717, 1.165) is 19.3 Å². The molecule has 0 heterocycles. The number of nitrogens with one attached hydrogen (secondary N) is 1. The van der Waals surface area contributed by atoms with Crippen molar-refractivity contribution in [3.05, 3.63) is 34.4 Å². The van der Waals surface area contributed by atoms with Crippen molar-refractivity contribution >= 4 is 5.69 Å². The van der Waals surface area contributed by atoms with Gasteiger partial charge in [0.25, 0.3) is 5.69 Å². The maximum Gasteiger partial charge on any atom is 0.269 e. The Morgan fingerprint density at radius 2 is 2.14 bits per heavy atom. The molecule has 1 aliphatic carbocycles. The fourth-order valence-corrected chi connectivity index (χ4v) is 2.12. The molecule has 6 heteroatoms. The van der Waals surface area contributed by atoms with Crippen LogP contribution >= 0.6 is 0 Å². The maximum absolute atomic E-state index is 10.5. The first-order chi connectivity index (χ1) is 10.0. The molecule has 21 heavy (non-hydrogen) atoms. The second-order valence-electron chi connectivity index (χ2n) is 5.57. The molecule has 1 aliphatic rings. The van der Waals surface area contributed by atoms with E-state index in [0.29, 0.717) is 24.8 Å². The number of ether oxygens (including phenoxy) is 1. The van der Waals surface area contributed by atoms with Gasteiger partial charge in [0.2, 0.25) is 0 Å². The summed E-state index contributed by atoms with van der Waals surface area (Å²) in [6.45, 7) is 2.40. The lowest BCUT2D eigenvalue weighted by Crippen LogP contribution is -2.42. The van der Waals surface area contributed by atoms with Gasteiger partial charge in [0.1, 0.15) is 11.3 Å². The molecule has 0 aliphatic heterocycles. The number of hydrogen-bond donors (Lipinski definition) is 1. The van der Waals surface area contributed by atoms with Crippen molar-refractivity contribution in [2.45, 2.75) is 44.2 Å². The Balaban J connectivity index is 1.73. The first-order valence-electron chi connectivity index (χ1n) is 7.09. The Labute approximate surface area is 123 Å². The molecule has 2 rings (SSSR count). The lowest BCUT2D eigenvalue weighted by atomic mass is 9.98. The summed E-state index contributed by atoms with van der Waals surface area (Å²) in [7, 11) is 0. The zero-order valence-corrected chi connectivity index (χ0v) is 12.0. The first kappa shape index (κ1) is 15.3. The quantitative estimate of drug-likeness (QED) is 0.451.